The predicted octanol–water partition coefficient (Wildman–Crippen LogP) is 4.32. The van der Waals surface area contributed by atoms with Crippen LogP contribution in [-0.2, 0) is 18.0 Å². The third-order valence-corrected chi connectivity index (χ3v) is 3.72. The number of hydrogen-bond acceptors (Lipinski definition) is 1. The second kappa shape index (κ2) is 4.91. The maximum atomic E-state index is 13.2. The van der Waals surface area contributed by atoms with Crippen LogP contribution in [0.25, 0.3) is 0 Å². The van der Waals surface area contributed by atoms with Gasteiger partial charge >= 0.3 is 0 Å². The Morgan fingerprint density at radius 3 is 2.32 bits per heavy atom. The number of rotatable bonds is 2. The van der Waals surface area contributed by atoms with Crippen molar-refractivity contribution in [1.29, 1.82) is 0 Å². The zero-order valence-corrected chi connectivity index (χ0v) is 10.8. The lowest BCUT2D eigenvalue weighted by atomic mass is 10.00. The van der Waals surface area contributed by atoms with Gasteiger partial charge in [0.05, 0.1) is 18.6 Å². The van der Waals surface area contributed by atoms with Gasteiger partial charge in [-0.2, -0.15) is 0 Å². The Bertz CT molecular complexity index is 607. The van der Waals surface area contributed by atoms with Crippen LogP contribution < -0.4 is 0 Å². The van der Waals surface area contributed by atoms with E-state index in [1.54, 1.807) is 0 Å². The van der Waals surface area contributed by atoms with Gasteiger partial charge in [-0.3, -0.25) is 0 Å². The maximum Gasteiger partial charge on any atom is 0.126 e. The van der Waals surface area contributed by atoms with E-state index in [0.717, 1.165) is 22.8 Å². The third kappa shape index (κ3) is 2.48. The maximum absolute atomic E-state index is 13.2. The third-order valence-electron chi connectivity index (χ3n) is 3.22. The molecule has 1 nitrogen and oxygen atoms in total. The molecule has 1 atom stereocenters. The zero-order valence-electron chi connectivity index (χ0n) is 10.00. The Labute approximate surface area is 114 Å². The molecule has 0 saturated carbocycles. The topological polar surface area (TPSA) is 9.23 Å². The van der Waals surface area contributed by atoms with Gasteiger partial charge < -0.3 is 4.74 Å². The van der Waals surface area contributed by atoms with Gasteiger partial charge in [-0.15, -0.1) is 11.6 Å². The lowest BCUT2D eigenvalue weighted by molar-refractivity contribution is 0.134. The number of fused-ring (bicyclic) bond motifs is 1. The largest absolute Gasteiger partial charge is 0.372 e. The average Bonchev–Trinajstić information content (AvgIpc) is 2.83. The molecule has 4 heteroatoms. The van der Waals surface area contributed by atoms with Crippen molar-refractivity contribution >= 4 is 11.6 Å². The van der Waals surface area contributed by atoms with E-state index in [0.29, 0.717) is 18.8 Å². The minimum Gasteiger partial charge on any atom is -0.372 e. The second-order valence-electron chi connectivity index (χ2n) is 4.59. The van der Waals surface area contributed by atoms with E-state index in [-0.39, 0.29) is 0 Å². The smallest absolute Gasteiger partial charge is 0.126 e. The van der Waals surface area contributed by atoms with E-state index in [4.69, 9.17) is 16.3 Å². The van der Waals surface area contributed by atoms with Crippen LogP contribution in [0.2, 0.25) is 0 Å². The predicted molar refractivity (Wildman–Crippen MR) is 69.0 cm³/mol. The van der Waals surface area contributed by atoms with E-state index < -0.39 is 17.0 Å². The molecule has 3 rings (SSSR count). The molecule has 0 radical (unpaired) electrons. The molecular formula is C15H11ClF2O. The summed E-state index contributed by atoms with van der Waals surface area (Å²) in [7, 11) is 0. The van der Waals surface area contributed by atoms with Gasteiger partial charge in [0.2, 0.25) is 0 Å². The molecule has 2 aromatic rings. The highest BCUT2D eigenvalue weighted by Crippen LogP contribution is 2.32. The lowest BCUT2D eigenvalue weighted by Gasteiger charge is -2.12. The van der Waals surface area contributed by atoms with Crippen LogP contribution in [0.15, 0.2) is 36.4 Å². The highest BCUT2D eigenvalue weighted by molar-refractivity contribution is 6.22. The minimum absolute atomic E-state index is 0.415. The summed E-state index contributed by atoms with van der Waals surface area (Å²) in [5.41, 5.74) is 3.45. The number of alkyl halides is 1. The van der Waals surface area contributed by atoms with Gasteiger partial charge in [0.25, 0.3) is 0 Å². The number of hydrogen-bond donors (Lipinski definition) is 0. The van der Waals surface area contributed by atoms with Gasteiger partial charge in [0.15, 0.2) is 0 Å². The van der Waals surface area contributed by atoms with E-state index in [1.165, 1.54) is 12.1 Å². The molecule has 0 bridgehead atoms. The Balaban J connectivity index is 1.97. The first-order valence-corrected chi connectivity index (χ1v) is 6.36. The van der Waals surface area contributed by atoms with Crippen LogP contribution in [0.1, 0.15) is 27.6 Å². The van der Waals surface area contributed by atoms with Crippen LogP contribution in [0.5, 0.6) is 0 Å². The first-order valence-electron chi connectivity index (χ1n) is 5.93. The SMILES string of the molecule is Fc1cc(F)cc(C(Cl)c2ccc3c(c2)COC3)c1. The molecular weight excluding hydrogens is 270 g/mol. The molecule has 19 heavy (non-hydrogen) atoms. The highest BCUT2D eigenvalue weighted by Gasteiger charge is 2.17. The second-order valence-corrected chi connectivity index (χ2v) is 5.02. The van der Waals surface area contributed by atoms with Crippen molar-refractivity contribution in [3.63, 3.8) is 0 Å². The Morgan fingerprint density at radius 2 is 1.58 bits per heavy atom. The Hall–Kier alpha value is -1.45. The number of benzene rings is 2. The zero-order chi connectivity index (χ0) is 13.4. The molecule has 2 aromatic carbocycles. The summed E-state index contributed by atoms with van der Waals surface area (Å²) in [6, 6.07) is 9.10. The van der Waals surface area contributed by atoms with Gasteiger partial charge in [-0.25, -0.2) is 8.78 Å². The van der Waals surface area contributed by atoms with E-state index in [1.807, 2.05) is 18.2 Å². The molecule has 0 amide bonds. The number of ether oxygens (including phenoxy) is 1. The van der Waals surface area contributed by atoms with Crippen molar-refractivity contribution in [2.45, 2.75) is 18.6 Å². The summed E-state index contributed by atoms with van der Waals surface area (Å²) in [5, 5.41) is -0.573. The monoisotopic (exact) mass is 280 g/mol. The molecule has 0 saturated heterocycles. The summed E-state index contributed by atoms with van der Waals surface area (Å²) in [6.45, 7) is 1.17. The molecule has 1 unspecified atom stereocenters. The van der Waals surface area contributed by atoms with Crippen LogP contribution in [0, 0.1) is 11.6 Å². The lowest BCUT2D eigenvalue weighted by Crippen LogP contribution is -1.97. The minimum atomic E-state index is -0.620. The average molecular weight is 281 g/mol. The van der Waals surface area contributed by atoms with Gasteiger partial charge in [0, 0.05) is 6.07 Å². The van der Waals surface area contributed by atoms with Crippen molar-refractivity contribution in [3.8, 4) is 0 Å². The van der Waals surface area contributed by atoms with Crippen molar-refractivity contribution in [3.05, 3.63) is 70.3 Å². The standard InChI is InChI=1S/C15H11ClF2O/c16-15(11-4-13(17)6-14(18)5-11)9-1-2-10-7-19-8-12(10)3-9/h1-6,15H,7-8H2. The summed E-state index contributed by atoms with van der Waals surface area (Å²) >= 11 is 6.30. The van der Waals surface area contributed by atoms with Crippen LogP contribution in [-0.4, -0.2) is 0 Å². The first kappa shape index (κ1) is 12.6. The molecule has 1 heterocycles. The molecule has 0 aromatic heterocycles. The molecule has 1 aliphatic rings. The van der Waals surface area contributed by atoms with Crippen molar-refractivity contribution < 1.29 is 13.5 Å². The number of halogens is 3. The summed E-state index contributed by atoms with van der Waals surface area (Å²) in [6.07, 6.45) is 0. The summed E-state index contributed by atoms with van der Waals surface area (Å²) < 4.78 is 31.7. The molecule has 0 N–H and O–H groups in total. The van der Waals surface area contributed by atoms with E-state index in [2.05, 4.69) is 0 Å². The first-order chi connectivity index (χ1) is 9.13. The van der Waals surface area contributed by atoms with Gasteiger partial charge in [-0.05, 0) is 34.4 Å². The molecule has 0 fully saturated rings. The molecule has 0 spiro atoms. The van der Waals surface area contributed by atoms with E-state index >= 15 is 0 Å². The normalized spacial score (nSPS) is 15.3. The van der Waals surface area contributed by atoms with Crippen molar-refractivity contribution in [1.82, 2.24) is 0 Å². The molecule has 98 valence electrons. The Morgan fingerprint density at radius 1 is 0.895 bits per heavy atom. The van der Waals surface area contributed by atoms with Gasteiger partial charge in [-0.1, -0.05) is 18.2 Å². The van der Waals surface area contributed by atoms with Crippen LogP contribution in [0.3, 0.4) is 0 Å². The molecule has 1 aliphatic heterocycles. The Kier molecular flexibility index (Phi) is 3.25. The van der Waals surface area contributed by atoms with Crippen LogP contribution in [0.4, 0.5) is 8.78 Å². The van der Waals surface area contributed by atoms with Crippen molar-refractivity contribution in [2.75, 3.05) is 0 Å². The molecule has 0 aliphatic carbocycles. The summed E-state index contributed by atoms with van der Waals surface area (Å²) in [5.74, 6) is -1.24. The summed E-state index contributed by atoms with van der Waals surface area (Å²) in [4.78, 5) is 0. The quantitative estimate of drug-likeness (QED) is 0.744. The van der Waals surface area contributed by atoms with Crippen LogP contribution >= 0.6 is 11.6 Å². The fourth-order valence-electron chi connectivity index (χ4n) is 2.26. The van der Waals surface area contributed by atoms with E-state index in [9.17, 15) is 8.78 Å². The van der Waals surface area contributed by atoms with Gasteiger partial charge in [0.1, 0.15) is 11.6 Å². The fraction of sp³-hybridized carbons (Fsp3) is 0.200. The highest BCUT2D eigenvalue weighted by atomic mass is 35.5. The van der Waals surface area contributed by atoms with Crippen molar-refractivity contribution in [2.24, 2.45) is 0 Å². The fourth-order valence-corrected chi connectivity index (χ4v) is 2.53.